The van der Waals surface area contributed by atoms with Gasteiger partial charge in [0.15, 0.2) is 0 Å². The molecule has 4 aliphatic carbocycles. The molecule has 0 unspecified atom stereocenters. The number of hydrogen-bond acceptors (Lipinski definition) is 3. The number of carbonyl (C=O) groups excluding carboxylic acids is 1. The second kappa shape index (κ2) is 9.14. The van der Waals surface area contributed by atoms with Gasteiger partial charge in [-0.05, 0) is 103 Å². The van der Waals surface area contributed by atoms with Crippen LogP contribution in [0.1, 0.15) is 119 Å². The zero-order chi connectivity index (χ0) is 24.2. The SMILES string of the molecule is CC(=O)O[C@]1(O)CC[C@@]2(C)[C@@H](CC[C@@H]3[C@@H]2CC[C@]2(C)[C@@H]([C@H](C)CC[C@@H](C)C(C)C)CC[C@@H]32)C1. The van der Waals surface area contributed by atoms with E-state index in [-0.39, 0.29) is 5.97 Å². The van der Waals surface area contributed by atoms with Crippen LogP contribution in [0.2, 0.25) is 0 Å². The third kappa shape index (κ3) is 4.54. The molecule has 0 aromatic heterocycles. The van der Waals surface area contributed by atoms with E-state index < -0.39 is 5.79 Å². The highest BCUT2D eigenvalue weighted by atomic mass is 16.7. The van der Waals surface area contributed by atoms with Crippen molar-refractivity contribution in [3.8, 4) is 0 Å². The molecule has 0 spiro atoms. The Bertz CT molecular complexity index is 717. The normalized spacial score (nSPS) is 46.8. The van der Waals surface area contributed by atoms with Crippen molar-refractivity contribution in [3.63, 3.8) is 0 Å². The number of ether oxygens (including phenoxy) is 1. The molecule has 33 heavy (non-hydrogen) atoms. The van der Waals surface area contributed by atoms with Crippen LogP contribution >= 0.6 is 0 Å². The standard InChI is InChI=1S/C30H52O3/c1-19(2)20(3)8-9-21(4)25-12-13-26-24-11-10-23-18-30(32,33-22(5)31)17-16-28(23,6)27(24)14-15-29(25,26)7/h19-21,23-27,32H,8-18H2,1-7H3/t20-,21-,23+,24+,25-,26+,27+,28+,29-,30-/m1/s1. The topological polar surface area (TPSA) is 46.5 Å². The zero-order valence-corrected chi connectivity index (χ0v) is 22.7. The van der Waals surface area contributed by atoms with Crippen LogP contribution in [0.4, 0.5) is 0 Å². The lowest BCUT2D eigenvalue weighted by atomic mass is 9.44. The molecule has 4 saturated carbocycles. The molecule has 0 aromatic carbocycles. The van der Waals surface area contributed by atoms with Gasteiger partial charge in [-0.2, -0.15) is 0 Å². The van der Waals surface area contributed by atoms with Gasteiger partial charge < -0.3 is 9.84 Å². The summed E-state index contributed by atoms with van der Waals surface area (Å²) in [5.74, 6) is 4.80. The van der Waals surface area contributed by atoms with Crippen molar-refractivity contribution in [2.24, 2.45) is 58.2 Å². The van der Waals surface area contributed by atoms with Crippen LogP contribution in [-0.2, 0) is 9.53 Å². The third-order valence-electron chi connectivity index (χ3n) is 12.0. The van der Waals surface area contributed by atoms with E-state index in [0.717, 1.165) is 47.8 Å². The number of aliphatic hydroxyl groups is 1. The van der Waals surface area contributed by atoms with E-state index in [1.54, 1.807) is 0 Å². The quantitative estimate of drug-likeness (QED) is 0.328. The van der Waals surface area contributed by atoms with E-state index in [2.05, 4.69) is 41.5 Å². The molecule has 4 aliphatic rings. The molecule has 4 rings (SSSR count). The number of rotatable bonds is 6. The summed E-state index contributed by atoms with van der Waals surface area (Å²) >= 11 is 0. The summed E-state index contributed by atoms with van der Waals surface area (Å²) in [5, 5.41) is 11.0. The second-order valence-electron chi connectivity index (χ2n) is 13.9. The Hall–Kier alpha value is -0.570. The summed E-state index contributed by atoms with van der Waals surface area (Å²) in [6, 6.07) is 0. The minimum Gasteiger partial charge on any atom is -0.433 e. The van der Waals surface area contributed by atoms with Crippen LogP contribution in [-0.4, -0.2) is 16.9 Å². The molecular weight excluding hydrogens is 408 g/mol. The Kier molecular flexibility index (Phi) is 7.07. The van der Waals surface area contributed by atoms with Crippen LogP contribution < -0.4 is 0 Å². The Morgan fingerprint density at radius 1 is 0.909 bits per heavy atom. The average molecular weight is 461 g/mol. The molecule has 0 aromatic rings. The molecular formula is C30H52O3. The van der Waals surface area contributed by atoms with Gasteiger partial charge in [0.2, 0.25) is 5.79 Å². The lowest BCUT2D eigenvalue weighted by Gasteiger charge is -2.62. The number of fused-ring (bicyclic) bond motifs is 5. The molecule has 4 fully saturated rings. The lowest BCUT2D eigenvalue weighted by molar-refractivity contribution is -0.250. The first-order chi connectivity index (χ1) is 15.4. The van der Waals surface area contributed by atoms with E-state index in [0.29, 0.717) is 29.6 Å². The fraction of sp³-hybridized carbons (Fsp3) is 0.967. The fourth-order valence-electron chi connectivity index (χ4n) is 9.61. The Balaban J connectivity index is 1.45. The van der Waals surface area contributed by atoms with Crippen molar-refractivity contribution >= 4 is 5.97 Å². The highest BCUT2D eigenvalue weighted by Crippen LogP contribution is 2.69. The monoisotopic (exact) mass is 460 g/mol. The van der Waals surface area contributed by atoms with Crippen molar-refractivity contribution in [2.75, 3.05) is 0 Å². The molecule has 190 valence electrons. The van der Waals surface area contributed by atoms with Gasteiger partial charge >= 0.3 is 5.97 Å². The van der Waals surface area contributed by atoms with E-state index >= 15 is 0 Å². The zero-order valence-electron chi connectivity index (χ0n) is 22.7. The van der Waals surface area contributed by atoms with Crippen molar-refractivity contribution in [2.45, 2.75) is 125 Å². The second-order valence-corrected chi connectivity index (χ2v) is 13.9. The molecule has 0 saturated heterocycles. The molecule has 3 heteroatoms. The van der Waals surface area contributed by atoms with Crippen molar-refractivity contribution in [1.29, 1.82) is 0 Å². The van der Waals surface area contributed by atoms with Gasteiger partial charge in [0.1, 0.15) is 0 Å². The summed E-state index contributed by atoms with van der Waals surface area (Å²) < 4.78 is 5.41. The van der Waals surface area contributed by atoms with E-state index in [1.165, 1.54) is 58.3 Å². The van der Waals surface area contributed by atoms with Gasteiger partial charge in [-0.1, -0.05) is 54.4 Å². The van der Waals surface area contributed by atoms with Gasteiger partial charge in [0.25, 0.3) is 0 Å². The maximum atomic E-state index is 11.6. The van der Waals surface area contributed by atoms with Crippen LogP contribution in [0.3, 0.4) is 0 Å². The number of hydrogen-bond donors (Lipinski definition) is 1. The van der Waals surface area contributed by atoms with Crippen LogP contribution in [0, 0.1) is 58.2 Å². The smallest absolute Gasteiger partial charge is 0.305 e. The number of carbonyl (C=O) groups is 1. The van der Waals surface area contributed by atoms with Crippen molar-refractivity contribution in [3.05, 3.63) is 0 Å². The molecule has 1 N–H and O–H groups in total. The summed E-state index contributed by atoms with van der Waals surface area (Å²) in [4.78, 5) is 11.6. The molecule has 3 nitrogen and oxygen atoms in total. The van der Waals surface area contributed by atoms with Crippen LogP contribution in [0.25, 0.3) is 0 Å². The summed E-state index contributed by atoms with van der Waals surface area (Å²) in [7, 11) is 0. The van der Waals surface area contributed by atoms with Crippen molar-refractivity contribution < 1.29 is 14.6 Å². The van der Waals surface area contributed by atoms with Gasteiger partial charge in [-0.25, -0.2) is 0 Å². The van der Waals surface area contributed by atoms with Gasteiger partial charge in [0.05, 0.1) is 0 Å². The maximum absolute atomic E-state index is 11.6. The van der Waals surface area contributed by atoms with Crippen LogP contribution in [0.15, 0.2) is 0 Å². The first-order valence-corrected chi connectivity index (χ1v) is 14.3. The summed E-state index contributed by atoms with van der Waals surface area (Å²) in [6.45, 7) is 16.4. The minimum absolute atomic E-state index is 0.299. The molecule has 0 amide bonds. The largest absolute Gasteiger partial charge is 0.433 e. The molecule has 0 radical (unpaired) electrons. The van der Waals surface area contributed by atoms with E-state index in [9.17, 15) is 9.90 Å². The van der Waals surface area contributed by atoms with E-state index in [1.807, 2.05) is 0 Å². The van der Waals surface area contributed by atoms with Crippen molar-refractivity contribution in [1.82, 2.24) is 0 Å². The molecule has 10 atom stereocenters. The van der Waals surface area contributed by atoms with Gasteiger partial charge in [-0.3, -0.25) is 4.79 Å². The maximum Gasteiger partial charge on any atom is 0.305 e. The van der Waals surface area contributed by atoms with Gasteiger partial charge in [0, 0.05) is 19.8 Å². The lowest BCUT2D eigenvalue weighted by Crippen LogP contribution is -2.56. The highest BCUT2D eigenvalue weighted by Gasteiger charge is 2.62. The Morgan fingerprint density at radius 2 is 1.61 bits per heavy atom. The predicted octanol–water partition coefficient (Wildman–Crippen LogP) is 7.61. The van der Waals surface area contributed by atoms with E-state index in [4.69, 9.17) is 4.74 Å². The first-order valence-electron chi connectivity index (χ1n) is 14.3. The summed E-state index contributed by atoms with van der Waals surface area (Å²) in [6.07, 6.45) is 13.2. The van der Waals surface area contributed by atoms with Crippen LogP contribution in [0.5, 0.6) is 0 Å². The number of esters is 1. The Labute approximate surface area is 203 Å². The highest BCUT2D eigenvalue weighted by molar-refractivity contribution is 5.66. The Morgan fingerprint density at radius 3 is 2.27 bits per heavy atom. The first kappa shape index (κ1) is 25.5. The molecule has 0 bridgehead atoms. The average Bonchev–Trinajstić information content (AvgIpc) is 3.09. The molecule has 0 aliphatic heterocycles. The third-order valence-corrected chi connectivity index (χ3v) is 12.0. The minimum atomic E-state index is -1.23. The predicted molar refractivity (Wildman–Crippen MR) is 134 cm³/mol. The molecule has 0 heterocycles. The fourth-order valence-corrected chi connectivity index (χ4v) is 9.61. The van der Waals surface area contributed by atoms with Gasteiger partial charge in [-0.15, -0.1) is 0 Å². The summed E-state index contributed by atoms with van der Waals surface area (Å²) in [5.41, 5.74) is 0.824.